The molecular weight excluding hydrogens is 281 g/mol. The van der Waals surface area contributed by atoms with E-state index in [1.165, 1.54) is 24.8 Å². The molecule has 0 amide bonds. The van der Waals surface area contributed by atoms with Crippen molar-refractivity contribution in [3.8, 4) is 0 Å². The summed E-state index contributed by atoms with van der Waals surface area (Å²) >= 11 is 12.2. The van der Waals surface area contributed by atoms with Crippen LogP contribution in [0, 0.1) is 5.92 Å². The van der Waals surface area contributed by atoms with Gasteiger partial charge in [-0.15, -0.1) is 0 Å². The Morgan fingerprint density at radius 3 is 2.84 bits per heavy atom. The molecule has 4 heteroatoms. The van der Waals surface area contributed by atoms with E-state index in [1.807, 2.05) is 12.1 Å². The van der Waals surface area contributed by atoms with Gasteiger partial charge in [-0.25, -0.2) is 0 Å². The number of hydrogen-bond donors (Lipinski definition) is 1. The second-order valence-electron chi connectivity index (χ2n) is 5.68. The van der Waals surface area contributed by atoms with Crippen molar-refractivity contribution >= 4 is 23.2 Å². The van der Waals surface area contributed by atoms with E-state index in [1.54, 1.807) is 7.11 Å². The fraction of sp³-hybridized carbons (Fsp3) is 0.600. The topological polar surface area (TPSA) is 21.3 Å². The van der Waals surface area contributed by atoms with Gasteiger partial charge in [-0.1, -0.05) is 29.3 Å². The van der Waals surface area contributed by atoms with Gasteiger partial charge in [-0.05, 0) is 42.9 Å². The zero-order chi connectivity index (χ0) is 13.4. The van der Waals surface area contributed by atoms with Crippen molar-refractivity contribution < 1.29 is 4.74 Å². The molecule has 2 bridgehead atoms. The molecule has 4 atom stereocenters. The molecule has 2 aliphatic heterocycles. The average molecular weight is 300 g/mol. The number of methoxy groups -OCH3 is 1. The molecule has 2 saturated heterocycles. The van der Waals surface area contributed by atoms with Crippen molar-refractivity contribution in [3.05, 3.63) is 33.8 Å². The molecule has 2 fully saturated rings. The van der Waals surface area contributed by atoms with Crippen LogP contribution in [0.25, 0.3) is 0 Å². The predicted molar refractivity (Wildman–Crippen MR) is 79.1 cm³/mol. The van der Waals surface area contributed by atoms with Crippen molar-refractivity contribution in [1.82, 2.24) is 5.32 Å². The third-order valence-corrected chi connectivity index (χ3v) is 5.32. The third kappa shape index (κ3) is 2.64. The second kappa shape index (κ2) is 5.61. The molecule has 0 aromatic heterocycles. The molecule has 0 radical (unpaired) electrons. The van der Waals surface area contributed by atoms with Crippen LogP contribution < -0.4 is 5.32 Å². The first-order chi connectivity index (χ1) is 9.19. The molecular formula is C15H19Cl2NO. The highest BCUT2D eigenvalue weighted by atomic mass is 35.5. The van der Waals surface area contributed by atoms with Crippen LogP contribution >= 0.6 is 23.2 Å². The lowest BCUT2D eigenvalue weighted by Gasteiger charge is -2.37. The maximum absolute atomic E-state index is 6.17. The van der Waals surface area contributed by atoms with Crippen molar-refractivity contribution in [1.29, 1.82) is 0 Å². The summed E-state index contributed by atoms with van der Waals surface area (Å²) in [5.74, 6) is 1.05. The first-order valence-electron chi connectivity index (χ1n) is 6.89. The van der Waals surface area contributed by atoms with Crippen LogP contribution in [0.2, 0.25) is 10.0 Å². The summed E-state index contributed by atoms with van der Waals surface area (Å²) in [5.41, 5.74) is 1.30. The fourth-order valence-electron chi connectivity index (χ4n) is 3.69. The number of halogens is 2. The minimum atomic E-state index is 0.522. The monoisotopic (exact) mass is 299 g/mol. The lowest BCUT2D eigenvalue weighted by atomic mass is 9.77. The lowest BCUT2D eigenvalue weighted by molar-refractivity contribution is 0.101. The van der Waals surface area contributed by atoms with Crippen molar-refractivity contribution in [2.45, 2.75) is 37.3 Å². The Hall–Kier alpha value is -0.280. The van der Waals surface area contributed by atoms with Crippen LogP contribution in [0.4, 0.5) is 0 Å². The van der Waals surface area contributed by atoms with E-state index in [4.69, 9.17) is 27.9 Å². The number of ether oxygens (including phenoxy) is 1. The molecule has 0 spiro atoms. The molecule has 2 heterocycles. The quantitative estimate of drug-likeness (QED) is 0.915. The summed E-state index contributed by atoms with van der Waals surface area (Å²) < 4.78 is 5.44. The van der Waals surface area contributed by atoms with Crippen molar-refractivity contribution in [3.63, 3.8) is 0 Å². The normalized spacial score (nSPS) is 33.6. The molecule has 19 heavy (non-hydrogen) atoms. The Morgan fingerprint density at radius 1 is 1.26 bits per heavy atom. The number of piperidine rings is 1. The molecule has 104 valence electrons. The van der Waals surface area contributed by atoms with Crippen LogP contribution in [0.15, 0.2) is 18.2 Å². The van der Waals surface area contributed by atoms with Gasteiger partial charge in [-0.3, -0.25) is 0 Å². The van der Waals surface area contributed by atoms with Crippen molar-refractivity contribution in [2.24, 2.45) is 5.92 Å². The summed E-state index contributed by atoms with van der Waals surface area (Å²) in [6, 6.07) is 7.29. The van der Waals surface area contributed by atoms with Gasteiger partial charge in [0.1, 0.15) is 0 Å². The highest BCUT2D eigenvalue weighted by Crippen LogP contribution is 2.42. The van der Waals surface area contributed by atoms with E-state index >= 15 is 0 Å². The van der Waals surface area contributed by atoms with E-state index in [0.717, 1.165) is 6.61 Å². The SMILES string of the molecule is COC[C@@H]1[C@@H](c2ccc(Cl)c(Cl)c2)C[C@H]2CC[C@H]1N2. The predicted octanol–water partition coefficient (Wildman–Crippen LogP) is 3.86. The highest BCUT2D eigenvalue weighted by Gasteiger charge is 2.41. The standard InChI is InChI=1S/C15H19Cl2NO/c1-19-8-12-11(7-10-3-5-15(12)18-10)9-2-4-13(16)14(17)6-9/h2,4,6,10-12,15,18H,3,5,7-8H2,1H3/t10-,11-,12-,15-/m1/s1. The molecule has 1 N–H and O–H groups in total. The van der Waals surface area contributed by atoms with Gasteiger partial charge in [0, 0.05) is 25.1 Å². The van der Waals surface area contributed by atoms with E-state index in [-0.39, 0.29) is 0 Å². The number of benzene rings is 1. The smallest absolute Gasteiger partial charge is 0.0595 e. The Labute approximate surface area is 124 Å². The Balaban J connectivity index is 1.89. The molecule has 3 rings (SSSR count). The first kappa shape index (κ1) is 13.7. The maximum atomic E-state index is 6.17. The van der Waals surface area contributed by atoms with Crippen LogP contribution in [0.3, 0.4) is 0 Å². The van der Waals surface area contributed by atoms with E-state index in [2.05, 4.69) is 11.4 Å². The van der Waals surface area contributed by atoms with Gasteiger partial charge >= 0.3 is 0 Å². The largest absolute Gasteiger partial charge is 0.384 e. The molecule has 2 nitrogen and oxygen atoms in total. The van der Waals surface area contributed by atoms with Gasteiger partial charge in [0.2, 0.25) is 0 Å². The van der Waals surface area contributed by atoms with Gasteiger partial charge in [0.15, 0.2) is 0 Å². The summed E-state index contributed by atoms with van der Waals surface area (Å²) in [6.45, 7) is 0.801. The molecule has 0 saturated carbocycles. The third-order valence-electron chi connectivity index (χ3n) is 4.58. The second-order valence-corrected chi connectivity index (χ2v) is 6.50. The van der Waals surface area contributed by atoms with Gasteiger partial charge < -0.3 is 10.1 Å². The number of nitrogens with one attached hydrogen (secondary N) is 1. The number of fused-ring (bicyclic) bond motifs is 2. The Kier molecular flexibility index (Phi) is 4.04. The molecule has 0 aliphatic carbocycles. The number of rotatable bonds is 3. The first-order valence-corrected chi connectivity index (χ1v) is 7.64. The molecule has 1 aromatic rings. The summed E-state index contributed by atoms with van der Waals surface area (Å²) in [6.07, 6.45) is 3.71. The van der Waals surface area contributed by atoms with Crippen LogP contribution in [0.1, 0.15) is 30.7 Å². The van der Waals surface area contributed by atoms with Gasteiger partial charge in [0.05, 0.1) is 16.7 Å². The number of hydrogen-bond acceptors (Lipinski definition) is 2. The minimum absolute atomic E-state index is 0.522. The Morgan fingerprint density at radius 2 is 2.11 bits per heavy atom. The van der Waals surface area contributed by atoms with Gasteiger partial charge in [-0.2, -0.15) is 0 Å². The summed E-state index contributed by atoms with van der Waals surface area (Å²) in [5, 5.41) is 5.00. The van der Waals surface area contributed by atoms with Crippen molar-refractivity contribution in [2.75, 3.05) is 13.7 Å². The Bertz CT molecular complexity index is 465. The molecule has 0 unspecified atom stereocenters. The summed E-state index contributed by atoms with van der Waals surface area (Å²) in [7, 11) is 1.78. The van der Waals surface area contributed by atoms with Crippen LogP contribution in [-0.4, -0.2) is 25.8 Å². The molecule has 1 aromatic carbocycles. The van der Waals surface area contributed by atoms with Gasteiger partial charge in [0.25, 0.3) is 0 Å². The summed E-state index contributed by atoms with van der Waals surface area (Å²) in [4.78, 5) is 0. The van der Waals surface area contributed by atoms with Crippen LogP contribution in [-0.2, 0) is 4.74 Å². The average Bonchev–Trinajstić information content (AvgIpc) is 2.79. The lowest BCUT2D eigenvalue weighted by Crippen LogP contribution is -2.46. The zero-order valence-corrected chi connectivity index (χ0v) is 12.5. The maximum Gasteiger partial charge on any atom is 0.0595 e. The highest BCUT2D eigenvalue weighted by molar-refractivity contribution is 6.42. The zero-order valence-electron chi connectivity index (χ0n) is 11.0. The van der Waals surface area contributed by atoms with E-state index in [9.17, 15) is 0 Å². The van der Waals surface area contributed by atoms with E-state index < -0.39 is 0 Å². The fourth-order valence-corrected chi connectivity index (χ4v) is 3.99. The van der Waals surface area contributed by atoms with Crippen LogP contribution in [0.5, 0.6) is 0 Å². The molecule has 2 aliphatic rings. The van der Waals surface area contributed by atoms with E-state index in [0.29, 0.717) is 34.0 Å². The minimum Gasteiger partial charge on any atom is -0.384 e.